The largest absolute Gasteiger partial charge is 0.394 e. The summed E-state index contributed by atoms with van der Waals surface area (Å²) in [7, 11) is 3.01. The zero-order valence-electron chi connectivity index (χ0n) is 11.8. The summed E-state index contributed by atoms with van der Waals surface area (Å²) in [6, 6.07) is 1.52. The molecular weight excluding hydrogens is 260 g/mol. The minimum absolute atomic E-state index is 0.0353. The maximum absolute atomic E-state index is 12.3. The van der Waals surface area contributed by atoms with Crippen LogP contribution in [0.4, 0.5) is 5.69 Å². The van der Waals surface area contributed by atoms with E-state index in [0.717, 1.165) is 4.57 Å². The molecule has 2 heterocycles. The van der Waals surface area contributed by atoms with Gasteiger partial charge in [0.25, 0.3) is 5.56 Å². The summed E-state index contributed by atoms with van der Waals surface area (Å²) in [5.41, 5.74) is 0.0934. The number of aliphatic hydroxyl groups is 1. The summed E-state index contributed by atoms with van der Waals surface area (Å²) >= 11 is 0. The number of nitrogens with zero attached hydrogens (tertiary/aromatic N) is 3. The number of aromatic nitrogens is 3. The lowest BCUT2D eigenvalue weighted by Crippen LogP contribution is -2.38. The molecule has 0 aromatic carbocycles. The second-order valence-corrected chi connectivity index (χ2v) is 4.69. The number of fused-ring (bicyclic) bond motifs is 1. The average Bonchev–Trinajstić information content (AvgIpc) is 2.48. The van der Waals surface area contributed by atoms with Crippen molar-refractivity contribution in [1.82, 2.24) is 14.1 Å². The van der Waals surface area contributed by atoms with Crippen molar-refractivity contribution in [1.29, 1.82) is 0 Å². The smallest absolute Gasteiger partial charge is 0.332 e. The van der Waals surface area contributed by atoms with Crippen molar-refractivity contribution < 1.29 is 5.11 Å². The van der Waals surface area contributed by atoms with Gasteiger partial charge in [-0.05, 0) is 12.5 Å². The quantitative estimate of drug-likeness (QED) is 0.809. The molecule has 0 unspecified atom stereocenters. The molecule has 0 amide bonds. The molecule has 0 fully saturated rings. The van der Waals surface area contributed by atoms with E-state index < -0.39 is 11.2 Å². The summed E-state index contributed by atoms with van der Waals surface area (Å²) < 4.78 is 2.39. The Bertz CT molecular complexity index is 744. The second kappa shape index (κ2) is 5.46. The molecule has 0 saturated carbocycles. The molecule has 2 aromatic rings. The minimum atomic E-state index is -0.415. The molecule has 7 heteroatoms. The molecule has 0 bridgehead atoms. The van der Waals surface area contributed by atoms with Crippen LogP contribution in [0.15, 0.2) is 21.9 Å². The van der Waals surface area contributed by atoms with Crippen LogP contribution in [-0.2, 0) is 14.1 Å². The van der Waals surface area contributed by atoms with Crippen LogP contribution in [0.5, 0.6) is 0 Å². The number of aliphatic hydroxyl groups excluding tert-OH is 1. The van der Waals surface area contributed by atoms with Crippen LogP contribution >= 0.6 is 0 Å². The van der Waals surface area contributed by atoms with Gasteiger partial charge in [0, 0.05) is 26.3 Å². The molecule has 0 spiro atoms. The van der Waals surface area contributed by atoms with E-state index >= 15 is 0 Å². The van der Waals surface area contributed by atoms with Crippen LogP contribution in [0.2, 0.25) is 0 Å². The summed E-state index contributed by atoms with van der Waals surface area (Å²) in [6.45, 7) is 1.90. The molecule has 0 radical (unpaired) electrons. The van der Waals surface area contributed by atoms with Crippen LogP contribution in [-0.4, -0.2) is 31.9 Å². The van der Waals surface area contributed by atoms with E-state index in [0.29, 0.717) is 23.1 Å². The summed E-state index contributed by atoms with van der Waals surface area (Å²) in [6.07, 6.45) is 2.25. The van der Waals surface area contributed by atoms with Gasteiger partial charge in [0.1, 0.15) is 5.39 Å². The molecule has 2 aromatic heterocycles. The fourth-order valence-electron chi connectivity index (χ4n) is 2.10. The Hall–Kier alpha value is -2.15. The predicted octanol–water partition coefficient (Wildman–Crippen LogP) is -0.185. The predicted molar refractivity (Wildman–Crippen MR) is 77.0 cm³/mol. The fourth-order valence-corrected chi connectivity index (χ4v) is 2.10. The van der Waals surface area contributed by atoms with Crippen LogP contribution in [0.25, 0.3) is 11.0 Å². The summed E-state index contributed by atoms with van der Waals surface area (Å²) in [5, 5.41) is 12.7. The first-order chi connectivity index (χ1) is 9.51. The highest BCUT2D eigenvalue weighted by Gasteiger charge is 2.15. The Labute approximate surface area is 115 Å². The fraction of sp³-hybridized carbons (Fsp3) is 0.462. The molecule has 0 aliphatic rings. The minimum Gasteiger partial charge on any atom is -0.394 e. The Kier molecular flexibility index (Phi) is 3.89. The van der Waals surface area contributed by atoms with Crippen LogP contribution in [0, 0.1) is 0 Å². The third kappa shape index (κ3) is 2.20. The second-order valence-electron chi connectivity index (χ2n) is 4.69. The van der Waals surface area contributed by atoms with E-state index in [1.165, 1.54) is 17.8 Å². The van der Waals surface area contributed by atoms with Crippen molar-refractivity contribution in [3.05, 3.63) is 33.1 Å². The highest BCUT2D eigenvalue weighted by molar-refractivity contribution is 5.88. The van der Waals surface area contributed by atoms with Gasteiger partial charge < -0.3 is 10.4 Å². The van der Waals surface area contributed by atoms with E-state index in [2.05, 4.69) is 10.3 Å². The normalized spacial score (nSPS) is 12.6. The number of rotatable bonds is 4. The van der Waals surface area contributed by atoms with Gasteiger partial charge >= 0.3 is 5.69 Å². The molecule has 0 aliphatic carbocycles. The zero-order valence-corrected chi connectivity index (χ0v) is 11.8. The molecule has 108 valence electrons. The van der Waals surface area contributed by atoms with Gasteiger partial charge in [0.2, 0.25) is 0 Å². The van der Waals surface area contributed by atoms with Crippen molar-refractivity contribution in [3.63, 3.8) is 0 Å². The zero-order chi connectivity index (χ0) is 14.9. The standard InChI is InChI=1S/C13H18N4O3/c1-4-8(7-18)15-9-5-6-14-11-10(9)12(19)17(3)13(20)16(11)2/h5-6,8,18H,4,7H2,1-3H3,(H,14,15)/t8-/m1/s1. The van der Waals surface area contributed by atoms with E-state index in [1.807, 2.05) is 6.92 Å². The molecular formula is C13H18N4O3. The van der Waals surface area contributed by atoms with E-state index in [9.17, 15) is 14.7 Å². The number of hydrogen-bond donors (Lipinski definition) is 2. The van der Waals surface area contributed by atoms with Gasteiger partial charge in [0.05, 0.1) is 12.3 Å². The van der Waals surface area contributed by atoms with Crippen molar-refractivity contribution in [3.8, 4) is 0 Å². The van der Waals surface area contributed by atoms with Gasteiger partial charge in [-0.2, -0.15) is 0 Å². The topological polar surface area (TPSA) is 89.2 Å². The van der Waals surface area contributed by atoms with Crippen molar-refractivity contribution in [2.24, 2.45) is 14.1 Å². The Balaban J connectivity index is 2.75. The highest BCUT2D eigenvalue weighted by Crippen LogP contribution is 2.17. The lowest BCUT2D eigenvalue weighted by Gasteiger charge is -2.17. The van der Waals surface area contributed by atoms with Crippen molar-refractivity contribution >= 4 is 16.7 Å². The van der Waals surface area contributed by atoms with Gasteiger partial charge in [0.15, 0.2) is 5.65 Å². The molecule has 20 heavy (non-hydrogen) atoms. The first-order valence-electron chi connectivity index (χ1n) is 6.43. The van der Waals surface area contributed by atoms with E-state index in [1.54, 1.807) is 13.1 Å². The molecule has 2 N–H and O–H groups in total. The first kappa shape index (κ1) is 14.3. The average molecular weight is 278 g/mol. The van der Waals surface area contributed by atoms with E-state index in [4.69, 9.17) is 0 Å². The van der Waals surface area contributed by atoms with Gasteiger partial charge in [-0.15, -0.1) is 0 Å². The van der Waals surface area contributed by atoms with Crippen LogP contribution < -0.4 is 16.6 Å². The summed E-state index contributed by atoms with van der Waals surface area (Å²) in [5.74, 6) is 0. The number of aryl methyl sites for hydroxylation is 1. The SMILES string of the molecule is CC[C@H](CO)Nc1ccnc2c1c(=O)n(C)c(=O)n2C. The number of nitrogens with one attached hydrogen (secondary N) is 1. The van der Waals surface area contributed by atoms with Crippen LogP contribution in [0.1, 0.15) is 13.3 Å². The van der Waals surface area contributed by atoms with Gasteiger partial charge in [-0.25, -0.2) is 9.78 Å². The highest BCUT2D eigenvalue weighted by atomic mass is 16.3. The third-order valence-corrected chi connectivity index (χ3v) is 3.41. The number of hydrogen-bond acceptors (Lipinski definition) is 5. The lowest BCUT2D eigenvalue weighted by atomic mass is 10.2. The Morgan fingerprint density at radius 2 is 2.05 bits per heavy atom. The van der Waals surface area contributed by atoms with Crippen LogP contribution in [0.3, 0.4) is 0 Å². The molecule has 0 aliphatic heterocycles. The maximum Gasteiger partial charge on any atom is 0.332 e. The monoisotopic (exact) mass is 278 g/mol. The third-order valence-electron chi connectivity index (χ3n) is 3.41. The Morgan fingerprint density at radius 3 is 2.65 bits per heavy atom. The van der Waals surface area contributed by atoms with Gasteiger partial charge in [-0.3, -0.25) is 13.9 Å². The van der Waals surface area contributed by atoms with Crippen molar-refractivity contribution in [2.75, 3.05) is 11.9 Å². The molecule has 1 atom stereocenters. The van der Waals surface area contributed by atoms with E-state index in [-0.39, 0.29) is 12.6 Å². The molecule has 7 nitrogen and oxygen atoms in total. The van der Waals surface area contributed by atoms with Crippen molar-refractivity contribution in [2.45, 2.75) is 19.4 Å². The first-order valence-corrected chi connectivity index (χ1v) is 6.43. The molecule has 2 rings (SSSR count). The Morgan fingerprint density at radius 1 is 1.35 bits per heavy atom. The summed E-state index contributed by atoms with van der Waals surface area (Å²) in [4.78, 5) is 28.3. The number of anilines is 1. The number of pyridine rings is 1. The van der Waals surface area contributed by atoms with Gasteiger partial charge in [-0.1, -0.05) is 6.92 Å². The maximum atomic E-state index is 12.3. The lowest BCUT2D eigenvalue weighted by molar-refractivity contribution is 0.272. The molecule has 0 saturated heterocycles.